The van der Waals surface area contributed by atoms with Crippen LogP contribution in [0.4, 0.5) is 0 Å². The number of hydrogen-bond acceptors (Lipinski definition) is 0. The minimum Gasteiger partial charge on any atom is -0.226 e. The summed E-state index contributed by atoms with van der Waals surface area (Å²) in [4.78, 5) is 0. The van der Waals surface area contributed by atoms with Gasteiger partial charge in [0.1, 0.15) is 0 Å². The first-order chi connectivity index (χ1) is 8.58. The van der Waals surface area contributed by atoms with Gasteiger partial charge in [-0.05, 0) is 11.8 Å². The topological polar surface area (TPSA) is 0 Å². The van der Waals surface area contributed by atoms with E-state index in [-0.39, 0.29) is 21.1 Å². The minimum atomic E-state index is 0. The molecule has 0 aromatic heterocycles. The van der Waals surface area contributed by atoms with Gasteiger partial charge < -0.3 is 0 Å². The summed E-state index contributed by atoms with van der Waals surface area (Å²) < 4.78 is 0. The molecule has 98 valence electrons. The number of hydrogen-bond donors (Lipinski definition) is 0. The van der Waals surface area contributed by atoms with Gasteiger partial charge >= 0.3 is 21.1 Å². The van der Waals surface area contributed by atoms with Gasteiger partial charge in [-0.3, -0.25) is 0 Å². The van der Waals surface area contributed by atoms with Crippen molar-refractivity contribution in [1.82, 2.24) is 0 Å². The molecule has 0 aliphatic carbocycles. The molecule has 0 amide bonds. The molecule has 0 atom stereocenters. The van der Waals surface area contributed by atoms with Crippen LogP contribution in [-0.2, 0) is 21.1 Å². The molecule has 0 spiro atoms. The van der Waals surface area contributed by atoms with Crippen LogP contribution in [0.25, 0.3) is 11.1 Å². The van der Waals surface area contributed by atoms with E-state index in [0.29, 0.717) is 11.8 Å². The number of rotatable bonds is 3. The SMILES string of the molecule is CC(C)c1[c-]c(-c2[c-]ccc(C(C)C)c2)ccc1.[W+2]. The van der Waals surface area contributed by atoms with Gasteiger partial charge in [-0.2, -0.15) is 36.4 Å². The first kappa shape index (κ1) is 16.2. The van der Waals surface area contributed by atoms with Gasteiger partial charge in [0.15, 0.2) is 0 Å². The van der Waals surface area contributed by atoms with Crippen LogP contribution in [0.3, 0.4) is 0 Å². The Hall–Kier alpha value is -0.872. The van der Waals surface area contributed by atoms with Gasteiger partial charge in [0.05, 0.1) is 0 Å². The fourth-order valence-corrected chi connectivity index (χ4v) is 1.98. The Morgan fingerprint density at radius 1 is 0.895 bits per heavy atom. The van der Waals surface area contributed by atoms with E-state index in [0.717, 1.165) is 11.1 Å². The van der Waals surface area contributed by atoms with Crippen molar-refractivity contribution in [2.45, 2.75) is 39.5 Å². The van der Waals surface area contributed by atoms with E-state index in [2.05, 4.69) is 70.2 Å². The average molecular weight is 420 g/mol. The van der Waals surface area contributed by atoms with Crippen LogP contribution < -0.4 is 0 Å². The molecule has 0 fully saturated rings. The van der Waals surface area contributed by atoms with Crippen molar-refractivity contribution in [2.75, 3.05) is 0 Å². The standard InChI is InChI=1S/C18H20.W/c1-13(2)15-7-5-9-17(11-15)18-10-6-8-16(12-18)14(3)4;/h5-9,12-14H,1-4H3;/q-2;+2. The van der Waals surface area contributed by atoms with Crippen molar-refractivity contribution >= 4 is 0 Å². The summed E-state index contributed by atoms with van der Waals surface area (Å²) in [6.45, 7) is 8.83. The molecule has 1 heteroatoms. The third kappa shape index (κ3) is 4.05. The zero-order valence-electron chi connectivity index (χ0n) is 12.0. The predicted octanol–water partition coefficient (Wildman–Crippen LogP) is 5.20. The molecule has 0 unspecified atom stereocenters. The van der Waals surface area contributed by atoms with Gasteiger partial charge in [-0.15, -0.1) is 23.3 Å². The molecule has 2 aromatic carbocycles. The second kappa shape index (κ2) is 7.06. The van der Waals surface area contributed by atoms with Crippen molar-refractivity contribution in [3.8, 4) is 11.1 Å². The van der Waals surface area contributed by atoms with Gasteiger partial charge in [0.2, 0.25) is 0 Å². The summed E-state index contributed by atoms with van der Waals surface area (Å²) in [5, 5.41) is 0. The van der Waals surface area contributed by atoms with Crippen molar-refractivity contribution in [3.63, 3.8) is 0 Å². The van der Waals surface area contributed by atoms with E-state index < -0.39 is 0 Å². The summed E-state index contributed by atoms with van der Waals surface area (Å²) in [7, 11) is 0. The Kier molecular flexibility index (Phi) is 6.01. The van der Waals surface area contributed by atoms with E-state index >= 15 is 0 Å². The van der Waals surface area contributed by atoms with E-state index in [9.17, 15) is 0 Å². The van der Waals surface area contributed by atoms with Crippen LogP contribution in [-0.4, -0.2) is 0 Å². The van der Waals surface area contributed by atoms with Crippen LogP contribution >= 0.6 is 0 Å². The molecular formula is C18H20W. The Morgan fingerprint density at radius 2 is 1.63 bits per heavy atom. The largest absolute Gasteiger partial charge is 2.00 e. The summed E-state index contributed by atoms with van der Waals surface area (Å²) >= 11 is 0. The molecule has 2 rings (SSSR count). The molecule has 0 aliphatic heterocycles. The van der Waals surface area contributed by atoms with Crippen LogP contribution in [0.2, 0.25) is 0 Å². The molecule has 0 saturated carbocycles. The third-order valence-corrected chi connectivity index (χ3v) is 3.22. The molecule has 0 nitrogen and oxygen atoms in total. The van der Waals surface area contributed by atoms with Crippen LogP contribution in [0.5, 0.6) is 0 Å². The van der Waals surface area contributed by atoms with E-state index in [1.807, 2.05) is 6.07 Å². The molecule has 0 bridgehead atoms. The van der Waals surface area contributed by atoms with Crippen LogP contribution in [0, 0.1) is 12.1 Å². The number of benzene rings is 2. The van der Waals surface area contributed by atoms with Crippen molar-refractivity contribution < 1.29 is 21.1 Å². The molecule has 0 aliphatic rings. The predicted molar refractivity (Wildman–Crippen MR) is 77.7 cm³/mol. The smallest absolute Gasteiger partial charge is 0.226 e. The second-order valence-corrected chi connectivity index (χ2v) is 5.36. The van der Waals surface area contributed by atoms with Gasteiger partial charge in [0.25, 0.3) is 0 Å². The first-order valence-electron chi connectivity index (χ1n) is 6.62. The van der Waals surface area contributed by atoms with Crippen LogP contribution in [0.1, 0.15) is 50.7 Å². The maximum Gasteiger partial charge on any atom is 2.00 e. The third-order valence-electron chi connectivity index (χ3n) is 3.22. The Labute approximate surface area is 131 Å². The quantitative estimate of drug-likeness (QED) is 0.600. The van der Waals surface area contributed by atoms with Gasteiger partial charge in [-0.25, -0.2) is 11.1 Å². The van der Waals surface area contributed by atoms with Crippen molar-refractivity contribution in [3.05, 3.63) is 59.7 Å². The first-order valence-corrected chi connectivity index (χ1v) is 6.62. The van der Waals surface area contributed by atoms with Crippen molar-refractivity contribution in [2.24, 2.45) is 0 Å². The summed E-state index contributed by atoms with van der Waals surface area (Å²) in [6, 6.07) is 19.5. The summed E-state index contributed by atoms with van der Waals surface area (Å²) in [5.41, 5.74) is 4.90. The Bertz CT molecular complexity index is 477. The van der Waals surface area contributed by atoms with E-state index in [1.54, 1.807) is 0 Å². The fourth-order valence-electron chi connectivity index (χ4n) is 1.98. The van der Waals surface area contributed by atoms with Gasteiger partial charge in [-0.1, -0.05) is 27.7 Å². The fraction of sp³-hybridized carbons (Fsp3) is 0.333. The van der Waals surface area contributed by atoms with Crippen molar-refractivity contribution in [1.29, 1.82) is 0 Å². The van der Waals surface area contributed by atoms with E-state index in [1.165, 1.54) is 11.1 Å². The minimum absolute atomic E-state index is 0. The van der Waals surface area contributed by atoms with Crippen LogP contribution in [0.15, 0.2) is 36.4 Å². The Morgan fingerprint density at radius 3 is 2.26 bits per heavy atom. The second-order valence-electron chi connectivity index (χ2n) is 5.36. The summed E-state index contributed by atoms with van der Waals surface area (Å²) in [6.07, 6.45) is 0. The molecule has 19 heavy (non-hydrogen) atoms. The Balaban J connectivity index is 0.00000180. The zero-order chi connectivity index (χ0) is 13.1. The van der Waals surface area contributed by atoms with E-state index in [4.69, 9.17) is 0 Å². The molecule has 0 radical (unpaired) electrons. The maximum atomic E-state index is 3.50. The molecule has 0 N–H and O–H groups in total. The summed E-state index contributed by atoms with van der Waals surface area (Å²) in [5.74, 6) is 1.06. The normalized spacial score (nSPS) is 10.6. The maximum absolute atomic E-state index is 3.50. The molecular weight excluding hydrogens is 400 g/mol. The molecule has 2 aromatic rings. The zero-order valence-corrected chi connectivity index (χ0v) is 15.0. The van der Waals surface area contributed by atoms with Gasteiger partial charge in [0, 0.05) is 0 Å². The molecule has 0 heterocycles. The average Bonchev–Trinajstić information content (AvgIpc) is 2.39. The monoisotopic (exact) mass is 420 g/mol. The molecule has 0 saturated heterocycles.